The van der Waals surface area contributed by atoms with Crippen molar-refractivity contribution in [2.75, 3.05) is 19.7 Å². The molecule has 0 spiro atoms. The quantitative estimate of drug-likeness (QED) is 0.781. The Kier molecular flexibility index (Phi) is 4.14. The smallest absolute Gasteiger partial charge is 0.365 e. The molecule has 0 radical (unpaired) electrons. The van der Waals surface area contributed by atoms with E-state index in [2.05, 4.69) is 4.74 Å². The number of carbonyl (C=O) groups excluding carboxylic acids is 1. The molecule has 18 heavy (non-hydrogen) atoms. The van der Waals surface area contributed by atoms with E-state index in [9.17, 15) is 18.0 Å². The minimum atomic E-state index is -4.28. The summed E-state index contributed by atoms with van der Waals surface area (Å²) < 4.78 is 40.4. The molecule has 1 amide bonds. The highest BCUT2D eigenvalue weighted by Gasteiger charge is 2.36. The first-order valence-corrected chi connectivity index (χ1v) is 6.40. The van der Waals surface area contributed by atoms with Gasteiger partial charge in [0, 0.05) is 19.5 Å². The van der Waals surface area contributed by atoms with E-state index in [0.29, 0.717) is 25.4 Å². The standard InChI is InChI=1S/C12H18F3NO2/c13-12(14,15)8-18-10-6-16(7-10)11(17)5-9-3-1-2-4-9/h9-10H,1-8H2. The predicted molar refractivity (Wildman–Crippen MR) is 59.0 cm³/mol. The lowest BCUT2D eigenvalue weighted by Gasteiger charge is -2.39. The van der Waals surface area contributed by atoms with Crippen LogP contribution in [0.15, 0.2) is 0 Å². The summed E-state index contributed by atoms with van der Waals surface area (Å²) in [7, 11) is 0. The van der Waals surface area contributed by atoms with Gasteiger partial charge in [-0.05, 0) is 18.8 Å². The lowest BCUT2D eigenvalue weighted by molar-refractivity contribution is -0.200. The fraction of sp³-hybridized carbons (Fsp3) is 0.917. The van der Waals surface area contributed by atoms with Gasteiger partial charge in [-0.25, -0.2) is 0 Å². The second-order valence-electron chi connectivity index (χ2n) is 5.20. The van der Waals surface area contributed by atoms with E-state index in [1.807, 2.05) is 0 Å². The van der Waals surface area contributed by atoms with Crippen LogP contribution in [0.2, 0.25) is 0 Å². The van der Waals surface area contributed by atoms with E-state index in [1.54, 1.807) is 4.90 Å². The monoisotopic (exact) mass is 265 g/mol. The van der Waals surface area contributed by atoms with Gasteiger partial charge in [0.2, 0.25) is 5.91 Å². The van der Waals surface area contributed by atoms with Gasteiger partial charge in [-0.1, -0.05) is 12.8 Å². The summed E-state index contributed by atoms with van der Waals surface area (Å²) in [6.07, 6.45) is 0.408. The summed E-state index contributed by atoms with van der Waals surface area (Å²) >= 11 is 0. The maximum Gasteiger partial charge on any atom is 0.411 e. The van der Waals surface area contributed by atoms with Crippen LogP contribution in [0, 0.1) is 5.92 Å². The Morgan fingerprint density at radius 2 is 1.83 bits per heavy atom. The molecular formula is C12H18F3NO2. The summed E-state index contributed by atoms with van der Waals surface area (Å²) in [5, 5.41) is 0. The Labute approximate surface area is 104 Å². The van der Waals surface area contributed by atoms with E-state index >= 15 is 0 Å². The highest BCUT2D eigenvalue weighted by Crippen LogP contribution is 2.29. The molecule has 0 N–H and O–H groups in total. The molecule has 0 unspecified atom stereocenters. The number of alkyl halides is 3. The second kappa shape index (κ2) is 5.47. The fourth-order valence-corrected chi connectivity index (χ4v) is 2.55. The largest absolute Gasteiger partial charge is 0.411 e. The van der Waals surface area contributed by atoms with Crippen molar-refractivity contribution in [1.29, 1.82) is 0 Å². The van der Waals surface area contributed by atoms with Crippen LogP contribution >= 0.6 is 0 Å². The Morgan fingerprint density at radius 1 is 1.22 bits per heavy atom. The first kappa shape index (κ1) is 13.6. The highest BCUT2D eigenvalue weighted by molar-refractivity contribution is 5.77. The number of rotatable bonds is 4. The van der Waals surface area contributed by atoms with Crippen molar-refractivity contribution in [3.63, 3.8) is 0 Å². The molecule has 0 aromatic heterocycles. The zero-order chi connectivity index (χ0) is 13.2. The zero-order valence-electron chi connectivity index (χ0n) is 10.2. The number of ether oxygens (including phenoxy) is 1. The van der Waals surface area contributed by atoms with Gasteiger partial charge in [0.05, 0.1) is 6.10 Å². The molecule has 104 valence electrons. The SMILES string of the molecule is O=C(CC1CCCC1)N1CC(OCC(F)(F)F)C1. The first-order chi connectivity index (χ1) is 8.44. The fourth-order valence-electron chi connectivity index (χ4n) is 2.55. The van der Waals surface area contributed by atoms with Crippen LogP contribution in [0.3, 0.4) is 0 Å². The molecule has 2 aliphatic rings. The summed E-state index contributed by atoms with van der Waals surface area (Å²) in [5.74, 6) is 0.543. The molecule has 1 aliphatic heterocycles. The van der Waals surface area contributed by atoms with E-state index in [4.69, 9.17) is 0 Å². The van der Waals surface area contributed by atoms with E-state index in [1.165, 1.54) is 12.8 Å². The van der Waals surface area contributed by atoms with E-state index < -0.39 is 18.9 Å². The number of hydrogen-bond acceptors (Lipinski definition) is 2. The van der Waals surface area contributed by atoms with E-state index in [-0.39, 0.29) is 5.91 Å². The van der Waals surface area contributed by atoms with Gasteiger partial charge < -0.3 is 9.64 Å². The third-order valence-electron chi connectivity index (χ3n) is 3.62. The third kappa shape index (κ3) is 3.86. The van der Waals surface area contributed by atoms with Crippen LogP contribution < -0.4 is 0 Å². The lowest BCUT2D eigenvalue weighted by atomic mass is 10.0. The zero-order valence-corrected chi connectivity index (χ0v) is 10.2. The molecule has 3 nitrogen and oxygen atoms in total. The molecule has 1 saturated carbocycles. The molecule has 2 fully saturated rings. The molecule has 1 heterocycles. The van der Waals surface area contributed by atoms with Crippen molar-refractivity contribution < 1.29 is 22.7 Å². The summed E-state index contributed by atoms with van der Waals surface area (Å²) in [5.41, 5.74) is 0. The van der Waals surface area contributed by atoms with Crippen molar-refractivity contribution in [3.05, 3.63) is 0 Å². The van der Waals surface area contributed by atoms with Gasteiger partial charge >= 0.3 is 6.18 Å². The molecule has 1 saturated heterocycles. The third-order valence-corrected chi connectivity index (χ3v) is 3.62. The maximum absolute atomic E-state index is 11.9. The molecule has 0 aromatic carbocycles. The maximum atomic E-state index is 11.9. The number of halogens is 3. The summed E-state index contributed by atoms with van der Waals surface area (Å²) in [6.45, 7) is -0.606. The van der Waals surface area contributed by atoms with Gasteiger partial charge in [0.15, 0.2) is 0 Å². The average molecular weight is 265 g/mol. The molecule has 1 aliphatic carbocycles. The van der Waals surface area contributed by atoms with Crippen LogP contribution in [-0.4, -0.2) is 42.8 Å². The van der Waals surface area contributed by atoms with Gasteiger partial charge in [0.1, 0.15) is 6.61 Å². The number of amides is 1. The first-order valence-electron chi connectivity index (χ1n) is 6.40. The van der Waals surface area contributed by atoms with Gasteiger partial charge in [-0.15, -0.1) is 0 Å². The Bertz CT molecular complexity index is 294. The van der Waals surface area contributed by atoms with Gasteiger partial charge in [0.25, 0.3) is 0 Å². The number of likely N-dealkylation sites (tertiary alicyclic amines) is 1. The average Bonchev–Trinajstić information content (AvgIpc) is 2.65. The van der Waals surface area contributed by atoms with Gasteiger partial charge in [-0.3, -0.25) is 4.79 Å². The van der Waals surface area contributed by atoms with Crippen molar-refractivity contribution in [2.45, 2.75) is 44.4 Å². The summed E-state index contributed by atoms with van der Waals surface area (Å²) in [6, 6.07) is 0. The minimum absolute atomic E-state index is 0.0637. The van der Waals surface area contributed by atoms with Gasteiger partial charge in [-0.2, -0.15) is 13.2 Å². The van der Waals surface area contributed by atoms with Crippen LogP contribution in [0.25, 0.3) is 0 Å². The minimum Gasteiger partial charge on any atom is -0.365 e. The van der Waals surface area contributed by atoms with Crippen LogP contribution in [0.4, 0.5) is 13.2 Å². The Morgan fingerprint density at radius 3 is 2.39 bits per heavy atom. The Balaban J connectivity index is 1.61. The number of nitrogens with zero attached hydrogens (tertiary/aromatic N) is 1. The second-order valence-corrected chi connectivity index (χ2v) is 5.20. The van der Waals surface area contributed by atoms with Crippen LogP contribution in [0.1, 0.15) is 32.1 Å². The topological polar surface area (TPSA) is 29.5 Å². The predicted octanol–water partition coefficient (Wildman–Crippen LogP) is 2.36. The lowest BCUT2D eigenvalue weighted by Crippen LogP contribution is -2.55. The molecule has 2 rings (SSSR count). The molecule has 0 bridgehead atoms. The molecule has 0 aromatic rings. The normalized spacial score (nSPS) is 22.3. The van der Waals surface area contributed by atoms with Crippen LogP contribution in [-0.2, 0) is 9.53 Å². The van der Waals surface area contributed by atoms with Crippen molar-refractivity contribution in [3.8, 4) is 0 Å². The van der Waals surface area contributed by atoms with Crippen LogP contribution in [0.5, 0.6) is 0 Å². The van der Waals surface area contributed by atoms with E-state index in [0.717, 1.165) is 12.8 Å². The Hall–Kier alpha value is -0.780. The van der Waals surface area contributed by atoms with Crippen molar-refractivity contribution in [1.82, 2.24) is 4.90 Å². The summed E-state index contributed by atoms with van der Waals surface area (Å²) in [4.78, 5) is 13.4. The number of hydrogen-bond donors (Lipinski definition) is 0. The molecular weight excluding hydrogens is 247 g/mol. The van der Waals surface area contributed by atoms with Crippen molar-refractivity contribution in [2.24, 2.45) is 5.92 Å². The van der Waals surface area contributed by atoms with Crippen molar-refractivity contribution >= 4 is 5.91 Å². The molecule has 0 atom stereocenters. The number of carbonyl (C=O) groups is 1. The highest BCUT2D eigenvalue weighted by atomic mass is 19.4. The molecule has 6 heteroatoms.